The lowest BCUT2D eigenvalue weighted by Gasteiger charge is -2.13. The second kappa shape index (κ2) is 4.92. The monoisotopic (exact) mass is 284 g/mol. The third-order valence-electron chi connectivity index (χ3n) is 3.37. The van der Waals surface area contributed by atoms with Crippen molar-refractivity contribution in [1.82, 2.24) is 0 Å². The van der Waals surface area contributed by atoms with Crippen molar-refractivity contribution in [3.05, 3.63) is 52.3 Å². The third-order valence-corrected chi connectivity index (χ3v) is 3.37. The van der Waals surface area contributed by atoms with E-state index in [1.165, 1.54) is 14.8 Å². The molecule has 0 atom stereocenters. The first-order valence-electron chi connectivity index (χ1n) is 5.85. The van der Waals surface area contributed by atoms with Gasteiger partial charge >= 0.3 is 0 Å². The van der Waals surface area contributed by atoms with Gasteiger partial charge in [-0.25, -0.2) is 22.0 Å². The fraction of sp³-hybridized carbons (Fsp3) is 0.143. The van der Waals surface area contributed by atoms with Crippen molar-refractivity contribution in [2.75, 3.05) is 0 Å². The molecule has 0 nitrogen and oxygen atoms in total. The Kier molecular flexibility index (Phi) is 3.58. The Hall–Kier alpha value is -1.85. The van der Waals surface area contributed by atoms with Crippen LogP contribution in [0.3, 0.4) is 0 Å². The quantitative estimate of drug-likeness (QED) is 0.558. The van der Waals surface area contributed by atoms with Gasteiger partial charge in [0.1, 0.15) is 36.9 Å². The van der Waals surface area contributed by atoms with Gasteiger partial charge in [0.25, 0.3) is 0 Å². The maximum Gasteiger partial charge on any atom is 0.140 e. The summed E-state index contributed by atoms with van der Waals surface area (Å²) >= 11 is 0. The molecule has 2 rings (SSSR count). The maximum absolute atomic E-state index is 14.1. The largest absolute Gasteiger partial charge is 0.206 e. The molecule has 0 saturated carbocycles. The van der Waals surface area contributed by atoms with Gasteiger partial charge in [-0.3, -0.25) is 0 Å². The standard InChI is InChI=1S/C14H10BF5/c1-5-7(15)3-9(17)11(13(5)19)12-10(18)4-8(16)6(2)14(12)20/h3-4H,15H2,1-2H3. The molecule has 0 spiro atoms. The van der Waals surface area contributed by atoms with E-state index >= 15 is 0 Å². The molecular weight excluding hydrogens is 274 g/mol. The van der Waals surface area contributed by atoms with Crippen LogP contribution in [0.2, 0.25) is 0 Å². The van der Waals surface area contributed by atoms with Gasteiger partial charge in [0.15, 0.2) is 0 Å². The zero-order chi connectivity index (χ0) is 15.2. The molecule has 0 heterocycles. The van der Waals surface area contributed by atoms with Crippen LogP contribution in [0.4, 0.5) is 22.0 Å². The molecule has 104 valence electrons. The van der Waals surface area contributed by atoms with E-state index in [0.29, 0.717) is 11.5 Å². The summed E-state index contributed by atoms with van der Waals surface area (Å²) < 4.78 is 69.0. The van der Waals surface area contributed by atoms with Crippen molar-refractivity contribution < 1.29 is 22.0 Å². The molecule has 0 unspecified atom stereocenters. The van der Waals surface area contributed by atoms with Crippen LogP contribution in [0.25, 0.3) is 11.1 Å². The molecule has 0 N–H and O–H groups in total. The molecule has 0 amide bonds. The van der Waals surface area contributed by atoms with E-state index in [0.717, 1.165) is 13.0 Å². The average molecular weight is 284 g/mol. The van der Waals surface area contributed by atoms with Crippen LogP contribution in [-0.2, 0) is 0 Å². The number of halogens is 5. The number of hydrogen-bond donors (Lipinski definition) is 0. The Morgan fingerprint density at radius 2 is 1.15 bits per heavy atom. The fourth-order valence-electron chi connectivity index (χ4n) is 1.98. The van der Waals surface area contributed by atoms with Gasteiger partial charge in [0.05, 0.1) is 11.1 Å². The zero-order valence-electron chi connectivity index (χ0n) is 11.0. The van der Waals surface area contributed by atoms with E-state index in [-0.39, 0.29) is 5.56 Å². The van der Waals surface area contributed by atoms with Crippen LogP contribution in [0, 0.1) is 42.9 Å². The van der Waals surface area contributed by atoms with Crippen molar-refractivity contribution in [2.45, 2.75) is 13.8 Å². The summed E-state index contributed by atoms with van der Waals surface area (Å²) in [6.07, 6.45) is 0. The van der Waals surface area contributed by atoms with E-state index in [1.807, 2.05) is 0 Å². The Morgan fingerprint density at radius 1 is 0.700 bits per heavy atom. The van der Waals surface area contributed by atoms with E-state index in [1.54, 1.807) is 0 Å². The van der Waals surface area contributed by atoms with Crippen molar-refractivity contribution >= 4 is 13.3 Å². The lowest BCUT2D eigenvalue weighted by atomic mass is 9.87. The van der Waals surface area contributed by atoms with Gasteiger partial charge in [-0.15, -0.1) is 0 Å². The molecule has 0 aliphatic heterocycles. The Labute approximate surface area is 113 Å². The van der Waals surface area contributed by atoms with Gasteiger partial charge in [-0.2, -0.15) is 0 Å². The lowest BCUT2D eigenvalue weighted by Crippen LogP contribution is -2.13. The van der Waals surface area contributed by atoms with Crippen LogP contribution in [-0.4, -0.2) is 7.85 Å². The molecule has 0 aromatic heterocycles. The molecular formula is C14H10BF5. The van der Waals surface area contributed by atoms with Crippen molar-refractivity contribution in [1.29, 1.82) is 0 Å². The summed E-state index contributed by atoms with van der Waals surface area (Å²) in [7, 11) is 1.48. The molecule has 0 bridgehead atoms. The molecule has 2 aromatic carbocycles. The highest BCUT2D eigenvalue weighted by molar-refractivity contribution is 6.33. The minimum Gasteiger partial charge on any atom is -0.206 e. The smallest absolute Gasteiger partial charge is 0.140 e. The summed E-state index contributed by atoms with van der Waals surface area (Å²) in [5.41, 5.74) is -1.78. The minimum atomic E-state index is -1.34. The van der Waals surface area contributed by atoms with Gasteiger partial charge in [0, 0.05) is 11.6 Å². The molecule has 0 aliphatic carbocycles. The summed E-state index contributed by atoms with van der Waals surface area (Å²) in [5, 5.41) is 0. The van der Waals surface area contributed by atoms with Crippen molar-refractivity contribution in [3.8, 4) is 11.1 Å². The lowest BCUT2D eigenvalue weighted by molar-refractivity contribution is 0.529. The SMILES string of the molecule is Bc1cc(F)c(-c2c(F)cc(F)c(C)c2F)c(F)c1C. The van der Waals surface area contributed by atoms with Crippen LogP contribution in [0.15, 0.2) is 12.1 Å². The topological polar surface area (TPSA) is 0 Å². The third kappa shape index (κ3) is 2.09. The van der Waals surface area contributed by atoms with Crippen molar-refractivity contribution in [3.63, 3.8) is 0 Å². The predicted octanol–water partition coefficient (Wildman–Crippen LogP) is 2.92. The Balaban J connectivity index is 2.90. The van der Waals surface area contributed by atoms with E-state index < -0.39 is 45.8 Å². The first kappa shape index (κ1) is 14.6. The van der Waals surface area contributed by atoms with Gasteiger partial charge < -0.3 is 0 Å². The molecule has 2 aromatic rings. The van der Waals surface area contributed by atoms with Crippen LogP contribution in [0.5, 0.6) is 0 Å². The summed E-state index contributed by atoms with van der Waals surface area (Å²) in [4.78, 5) is 0. The first-order valence-corrected chi connectivity index (χ1v) is 5.85. The van der Waals surface area contributed by atoms with E-state index in [9.17, 15) is 22.0 Å². The van der Waals surface area contributed by atoms with Crippen LogP contribution in [0.1, 0.15) is 11.1 Å². The molecule has 0 aliphatic rings. The normalized spacial score (nSPS) is 10.9. The zero-order valence-corrected chi connectivity index (χ0v) is 11.0. The predicted molar refractivity (Wildman–Crippen MR) is 69.3 cm³/mol. The van der Waals surface area contributed by atoms with E-state index in [2.05, 4.69) is 0 Å². The van der Waals surface area contributed by atoms with Crippen LogP contribution < -0.4 is 5.46 Å². The number of hydrogen-bond acceptors (Lipinski definition) is 0. The minimum absolute atomic E-state index is 0.0854. The average Bonchev–Trinajstić information content (AvgIpc) is 2.37. The molecule has 0 fully saturated rings. The number of rotatable bonds is 1. The molecule has 6 heteroatoms. The Morgan fingerprint density at radius 3 is 1.70 bits per heavy atom. The van der Waals surface area contributed by atoms with Gasteiger partial charge in [0.2, 0.25) is 0 Å². The molecule has 0 saturated heterocycles. The molecule has 20 heavy (non-hydrogen) atoms. The fourth-order valence-corrected chi connectivity index (χ4v) is 1.98. The Bertz CT molecular complexity index is 648. The number of benzene rings is 2. The highest BCUT2D eigenvalue weighted by Gasteiger charge is 2.24. The van der Waals surface area contributed by atoms with Gasteiger partial charge in [-0.05, 0) is 25.5 Å². The summed E-state index contributed by atoms with van der Waals surface area (Å²) in [6, 6.07) is 1.41. The van der Waals surface area contributed by atoms with Crippen molar-refractivity contribution in [2.24, 2.45) is 0 Å². The second-order valence-electron chi connectivity index (χ2n) is 4.64. The molecule has 0 radical (unpaired) electrons. The van der Waals surface area contributed by atoms with Crippen LogP contribution >= 0.6 is 0 Å². The second-order valence-corrected chi connectivity index (χ2v) is 4.64. The summed E-state index contributed by atoms with van der Waals surface area (Å²) in [5.74, 6) is -5.88. The summed E-state index contributed by atoms with van der Waals surface area (Å²) in [6.45, 7) is 2.45. The van der Waals surface area contributed by atoms with E-state index in [4.69, 9.17) is 0 Å². The first-order chi connectivity index (χ1) is 9.25. The maximum atomic E-state index is 14.1. The highest BCUT2D eigenvalue weighted by Crippen LogP contribution is 2.33. The van der Waals surface area contributed by atoms with Gasteiger partial charge in [-0.1, -0.05) is 5.46 Å². The highest BCUT2D eigenvalue weighted by atomic mass is 19.2.